The highest BCUT2D eigenvalue weighted by atomic mass is 32.2. The van der Waals surface area contributed by atoms with E-state index >= 15 is 0 Å². The number of morpholine rings is 1. The summed E-state index contributed by atoms with van der Waals surface area (Å²) in [4.78, 5) is 21.4. The minimum absolute atomic E-state index is 0.0288. The topological polar surface area (TPSA) is 94.4 Å². The highest BCUT2D eigenvalue weighted by Crippen LogP contribution is 2.26. The fourth-order valence-corrected chi connectivity index (χ4v) is 5.86. The summed E-state index contributed by atoms with van der Waals surface area (Å²) in [6.07, 6.45) is 3.28. The largest absolute Gasteiger partial charge is 0.379 e. The van der Waals surface area contributed by atoms with Crippen molar-refractivity contribution in [1.82, 2.24) is 18.8 Å². The number of rotatable bonds is 7. The Kier molecular flexibility index (Phi) is 6.75. The summed E-state index contributed by atoms with van der Waals surface area (Å²) in [5.74, 6) is 0.193. The van der Waals surface area contributed by atoms with Gasteiger partial charge >= 0.3 is 0 Å². The van der Waals surface area contributed by atoms with E-state index in [0.29, 0.717) is 42.7 Å². The molecule has 0 atom stereocenters. The summed E-state index contributed by atoms with van der Waals surface area (Å²) in [6.45, 7) is 5.25. The molecule has 3 heterocycles. The third kappa shape index (κ3) is 4.63. The van der Waals surface area contributed by atoms with Gasteiger partial charge in [-0.1, -0.05) is 17.8 Å². The predicted molar refractivity (Wildman–Crippen MR) is 122 cm³/mol. The Morgan fingerprint density at radius 3 is 2.53 bits per heavy atom. The number of ketones is 1. The lowest BCUT2D eigenvalue weighted by Gasteiger charge is -2.26. The highest BCUT2D eigenvalue weighted by Gasteiger charge is 2.27. The normalized spacial score (nSPS) is 15.1. The summed E-state index contributed by atoms with van der Waals surface area (Å²) >= 11 is 1.29. The number of hydrogen-bond donors (Lipinski definition) is 0. The molecule has 1 saturated heterocycles. The molecule has 0 aliphatic carbocycles. The van der Waals surface area contributed by atoms with Crippen LogP contribution in [-0.4, -0.2) is 65.1 Å². The molecule has 0 spiro atoms. The van der Waals surface area contributed by atoms with E-state index in [0.717, 1.165) is 11.4 Å². The van der Waals surface area contributed by atoms with Gasteiger partial charge in [0.1, 0.15) is 0 Å². The second-order valence-electron chi connectivity index (χ2n) is 7.38. The standard InChI is InChI=1S/C22H24N4O4S2/c1-16-13-20(21(27)15-31-22-23-7-4-8-24-22)17(2)26(16)18-5-3-6-19(14-18)32(28,29)25-9-11-30-12-10-25/h3-8,13-14H,9-12,15H2,1-2H3. The van der Waals surface area contributed by atoms with Gasteiger partial charge < -0.3 is 9.30 Å². The molecule has 1 fully saturated rings. The third-order valence-electron chi connectivity index (χ3n) is 5.29. The van der Waals surface area contributed by atoms with E-state index in [-0.39, 0.29) is 16.4 Å². The number of Topliss-reactive ketones (excluding diaryl/α,β-unsaturated/α-hetero) is 1. The quantitative estimate of drug-likeness (QED) is 0.296. The second kappa shape index (κ2) is 9.53. The van der Waals surface area contributed by atoms with Crippen LogP contribution in [0.4, 0.5) is 0 Å². The van der Waals surface area contributed by atoms with Crippen molar-refractivity contribution in [2.75, 3.05) is 32.1 Å². The average Bonchev–Trinajstić information content (AvgIpc) is 3.12. The van der Waals surface area contributed by atoms with Crippen LogP contribution in [0.25, 0.3) is 5.69 Å². The Morgan fingerprint density at radius 2 is 1.81 bits per heavy atom. The lowest BCUT2D eigenvalue weighted by Crippen LogP contribution is -2.40. The number of aromatic nitrogens is 3. The smallest absolute Gasteiger partial charge is 0.243 e. The van der Waals surface area contributed by atoms with Crippen LogP contribution >= 0.6 is 11.8 Å². The van der Waals surface area contributed by atoms with Crippen molar-refractivity contribution in [3.05, 3.63) is 65.7 Å². The van der Waals surface area contributed by atoms with Crippen LogP contribution < -0.4 is 0 Å². The van der Waals surface area contributed by atoms with E-state index in [4.69, 9.17) is 4.74 Å². The minimum atomic E-state index is -3.61. The Balaban J connectivity index is 1.60. The van der Waals surface area contributed by atoms with Crippen LogP contribution in [-0.2, 0) is 14.8 Å². The summed E-state index contributed by atoms with van der Waals surface area (Å²) in [5.41, 5.74) is 2.93. The molecular weight excluding hydrogens is 448 g/mol. The van der Waals surface area contributed by atoms with Crippen molar-refractivity contribution in [2.24, 2.45) is 0 Å². The fourth-order valence-electron chi connectivity index (χ4n) is 3.73. The van der Waals surface area contributed by atoms with Crippen molar-refractivity contribution >= 4 is 27.6 Å². The first-order valence-corrected chi connectivity index (χ1v) is 12.6. The number of carbonyl (C=O) groups excluding carboxylic acids is 1. The molecule has 4 rings (SSSR count). The lowest BCUT2D eigenvalue weighted by molar-refractivity contribution is 0.0730. The molecule has 1 aromatic carbocycles. The molecule has 0 bridgehead atoms. The first-order chi connectivity index (χ1) is 15.4. The maximum Gasteiger partial charge on any atom is 0.243 e. The zero-order valence-corrected chi connectivity index (χ0v) is 19.5. The van der Waals surface area contributed by atoms with Crippen LogP contribution in [0.2, 0.25) is 0 Å². The van der Waals surface area contributed by atoms with Crippen molar-refractivity contribution in [2.45, 2.75) is 23.9 Å². The molecule has 168 valence electrons. The average molecular weight is 473 g/mol. The maximum absolute atomic E-state index is 13.1. The van der Waals surface area contributed by atoms with Gasteiger partial charge in [0.25, 0.3) is 0 Å². The minimum Gasteiger partial charge on any atom is -0.379 e. The molecule has 3 aromatic rings. The summed E-state index contributed by atoms with van der Waals surface area (Å²) in [6, 6.07) is 10.4. The van der Waals surface area contributed by atoms with E-state index in [1.165, 1.54) is 16.1 Å². The highest BCUT2D eigenvalue weighted by molar-refractivity contribution is 7.99. The monoisotopic (exact) mass is 472 g/mol. The molecule has 2 aromatic heterocycles. The summed E-state index contributed by atoms with van der Waals surface area (Å²) in [5, 5.41) is 0.552. The van der Waals surface area contributed by atoms with E-state index < -0.39 is 10.0 Å². The number of hydrogen-bond acceptors (Lipinski definition) is 7. The third-order valence-corrected chi connectivity index (χ3v) is 8.06. The number of nitrogens with zero attached hydrogens (tertiary/aromatic N) is 4. The molecular formula is C22H24N4O4S2. The summed E-state index contributed by atoms with van der Waals surface area (Å²) < 4.78 is 34.8. The Bertz CT molecular complexity index is 1220. The van der Waals surface area contributed by atoms with E-state index in [1.54, 1.807) is 36.7 Å². The second-order valence-corrected chi connectivity index (χ2v) is 10.3. The van der Waals surface area contributed by atoms with Gasteiger partial charge in [0.05, 0.1) is 23.9 Å². The number of ether oxygens (including phenoxy) is 1. The molecule has 8 nitrogen and oxygen atoms in total. The van der Waals surface area contributed by atoms with Gasteiger partial charge in [-0.15, -0.1) is 0 Å². The van der Waals surface area contributed by atoms with Crippen LogP contribution in [0.3, 0.4) is 0 Å². The van der Waals surface area contributed by atoms with Gasteiger partial charge in [-0.25, -0.2) is 18.4 Å². The van der Waals surface area contributed by atoms with E-state index in [2.05, 4.69) is 9.97 Å². The molecule has 0 unspecified atom stereocenters. The van der Waals surface area contributed by atoms with Crippen molar-refractivity contribution in [3.63, 3.8) is 0 Å². The Hall–Kier alpha value is -2.53. The van der Waals surface area contributed by atoms with Crippen molar-refractivity contribution < 1.29 is 17.9 Å². The molecule has 0 N–H and O–H groups in total. The number of thioether (sulfide) groups is 1. The van der Waals surface area contributed by atoms with Crippen LogP contribution in [0.5, 0.6) is 0 Å². The van der Waals surface area contributed by atoms with Crippen LogP contribution in [0.15, 0.2) is 58.8 Å². The number of carbonyl (C=O) groups is 1. The molecule has 10 heteroatoms. The predicted octanol–water partition coefficient (Wildman–Crippen LogP) is 2.88. The van der Waals surface area contributed by atoms with E-state index in [9.17, 15) is 13.2 Å². The Morgan fingerprint density at radius 1 is 1.09 bits per heavy atom. The van der Waals surface area contributed by atoms with Gasteiger partial charge in [-0.3, -0.25) is 4.79 Å². The fraction of sp³-hybridized carbons (Fsp3) is 0.318. The first kappa shape index (κ1) is 22.7. The lowest BCUT2D eigenvalue weighted by atomic mass is 10.2. The van der Waals surface area contributed by atoms with Gasteiger partial charge in [0.15, 0.2) is 10.9 Å². The molecule has 1 aliphatic rings. The zero-order valence-electron chi connectivity index (χ0n) is 17.9. The van der Waals surface area contributed by atoms with Crippen LogP contribution in [0.1, 0.15) is 21.7 Å². The van der Waals surface area contributed by atoms with E-state index in [1.807, 2.05) is 30.5 Å². The number of sulfonamides is 1. The van der Waals surface area contributed by atoms with Gasteiger partial charge in [-0.05, 0) is 44.2 Å². The Labute approximate surface area is 191 Å². The molecule has 1 aliphatic heterocycles. The van der Waals surface area contributed by atoms with Crippen molar-refractivity contribution in [1.29, 1.82) is 0 Å². The van der Waals surface area contributed by atoms with Gasteiger partial charge in [0.2, 0.25) is 10.0 Å². The molecule has 0 saturated carbocycles. The zero-order chi connectivity index (χ0) is 22.7. The molecule has 32 heavy (non-hydrogen) atoms. The summed E-state index contributed by atoms with van der Waals surface area (Å²) in [7, 11) is -3.61. The number of aryl methyl sites for hydroxylation is 1. The SMILES string of the molecule is Cc1cc(C(=O)CSc2ncccn2)c(C)n1-c1cccc(S(=O)(=O)N2CCOCC2)c1. The maximum atomic E-state index is 13.1. The number of benzene rings is 1. The molecule has 0 radical (unpaired) electrons. The van der Waals surface area contributed by atoms with Crippen molar-refractivity contribution in [3.8, 4) is 5.69 Å². The molecule has 0 amide bonds. The van der Waals surface area contributed by atoms with Crippen LogP contribution in [0, 0.1) is 13.8 Å². The van der Waals surface area contributed by atoms with Gasteiger partial charge in [0, 0.05) is 48.1 Å². The first-order valence-electron chi connectivity index (χ1n) is 10.2. The van der Waals surface area contributed by atoms with Gasteiger partial charge in [-0.2, -0.15) is 4.31 Å².